The van der Waals surface area contributed by atoms with Crippen LogP contribution in [0.2, 0.25) is 0 Å². The van der Waals surface area contributed by atoms with Crippen molar-refractivity contribution in [2.75, 3.05) is 0 Å². The van der Waals surface area contributed by atoms with Gasteiger partial charge in [-0.3, -0.25) is 4.98 Å². The Morgan fingerprint density at radius 2 is 1.44 bits per heavy atom. The molecule has 0 saturated carbocycles. The average Bonchev–Trinajstić information content (AvgIpc) is 3.46. The van der Waals surface area contributed by atoms with Crippen LogP contribution in [0.1, 0.15) is 0 Å². The van der Waals surface area contributed by atoms with E-state index in [2.05, 4.69) is 101 Å². The van der Waals surface area contributed by atoms with E-state index in [4.69, 9.17) is 4.42 Å². The first-order chi connectivity index (χ1) is 15.9. The Hall–Kier alpha value is -4.37. The molecule has 0 amide bonds. The van der Waals surface area contributed by atoms with E-state index in [-0.39, 0.29) is 0 Å². The molecular weight excluding hydrogens is 392 g/mol. The normalized spacial score (nSPS) is 11.8. The summed E-state index contributed by atoms with van der Waals surface area (Å²) in [7, 11) is 0. The van der Waals surface area contributed by atoms with Crippen molar-refractivity contribution in [3.8, 4) is 16.8 Å². The summed E-state index contributed by atoms with van der Waals surface area (Å²) >= 11 is 0. The van der Waals surface area contributed by atoms with Gasteiger partial charge in [-0.15, -0.1) is 0 Å². The monoisotopic (exact) mass is 410 g/mol. The van der Waals surface area contributed by atoms with E-state index in [1.807, 2.05) is 12.4 Å². The Labute approximate surface area is 184 Å². The Bertz CT molecular complexity index is 1770. The molecule has 3 aromatic heterocycles. The number of pyridine rings is 1. The molecular formula is C29H18N2O. The van der Waals surface area contributed by atoms with E-state index < -0.39 is 0 Å². The van der Waals surface area contributed by atoms with E-state index in [1.165, 1.54) is 27.2 Å². The van der Waals surface area contributed by atoms with Crippen LogP contribution in [0.15, 0.2) is 114 Å². The summed E-state index contributed by atoms with van der Waals surface area (Å²) in [5.41, 5.74) is 6.73. The zero-order valence-corrected chi connectivity index (χ0v) is 17.2. The highest BCUT2D eigenvalue weighted by atomic mass is 16.3. The number of fused-ring (bicyclic) bond motifs is 6. The van der Waals surface area contributed by atoms with Crippen molar-refractivity contribution in [2.24, 2.45) is 0 Å². The van der Waals surface area contributed by atoms with Gasteiger partial charge in [0.05, 0.1) is 17.3 Å². The number of rotatable bonds is 2. The number of aromatic nitrogens is 2. The number of hydrogen-bond acceptors (Lipinski definition) is 2. The minimum Gasteiger partial charge on any atom is -0.464 e. The highest BCUT2D eigenvalue weighted by molar-refractivity contribution is 6.20. The third kappa shape index (κ3) is 2.39. The van der Waals surface area contributed by atoms with Crippen molar-refractivity contribution in [2.45, 2.75) is 0 Å². The van der Waals surface area contributed by atoms with Crippen molar-refractivity contribution < 1.29 is 4.42 Å². The molecule has 7 aromatic rings. The molecule has 0 aliphatic carbocycles. The minimum atomic E-state index is 0.916. The second-order valence-electron chi connectivity index (χ2n) is 8.10. The lowest BCUT2D eigenvalue weighted by atomic mass is 10.0. The highest BCUT2D eigenvalue weighted by Crippen LogP contribution is 2.37. The number of benzene rings is 4. The maximum atomic E-state index is 5.67. The van der Waals surface area contributed by atoms with E-state index in [1.54, 1.807) is 6.26 Å². The van der Waals surface area contributed by atoms with Gasteiger partial charge in [-0.2, -0.15) is 0 Å². The summed E-state index contributed by atoms with van der Waals surface area (Å²) in [4.78, 5) is 4.45. The highest BCUT2D eigenvalue weighted by Gasteiger charge is 2.15. The molecule has 3 heteroatoms. The van der Waals surface area contributed by atoms with Gasteiger partial charge < -0.3 is 8.98 Å². The van der Waals surface area contributed by atoms with Gasteiger partial charge in [-0.25, -0.2) is 0 Å². The fraction of sp³-hybridized carbons (Fsp3) is 0. The SMILES string of the molecule is c1ccc2c(-c3ccc(-n4c5ccccc5c5c6ccoc6ccc54)cc3)cncc2c1. The summed E-state index contributed by atoms with van der Waals surface area (Å²) in [6.45, 7) is 0. The molecule has 0 N–H and O–H groups in total. The van der Waals surface area contributed by atoms with Gasteiger partial charge in [0, 0.05) is 45.2 Å². The van der Waals surface area contributed by atoms with Crippen LogP contribution in [0, 0.1) is 0 Å². The summed E-state index contributed by atoms with van der Waals surface area (Å²) in [6.07, 6.45) is 5.64. The largest absolute Gasteiger partial charge is 0.464 e. The third-order valence-electron chi connectivity index (χ3n) is 6.37. The first-order valence-electron chi connectivity index (χ1n) is 10.7. The zero-order valence-electron chi connectivity index (χ0n) is 17.2. The van der Waals surface area contributed by atoms with E-state index >= 15 is 0 Å². The molecule has 0 saturated heterocycles. The van der Waals surface area contributed by atoms with Gasteiger partial charge in [0.25, 0.3) is 0 Å². The molecule has 32 heavy (non-hydrogen) atoms. The van der Waals surface area contributed by atoms with E-state index in [9.17, 15) is 0 Å². The first kappa shape index (κ1) is 17.3. The molecule has 3 heterocycles. The van der Waals surface area contributed by atoms with Gasteiger partial charge >= 0.3 is 0 Å². The molecule has 3 nitrogen and oxygen atoms in total. The van der Waals surface area contributed by atoms with Crippen molar-refractivity contribution >= 4 is 43.5 Å². The molecule has 150 valence electrons. The maximum Gasteiger partial charge on any atom is 0.134 e. The lowest BCUT2D eigenvalue weighted by Gasteiger charge is -2.10. The summed E-state index contributed by atoms with van der Waals surface area (Å²) in [6, 6.07) is 32.0. The lowest BCUT2D eigenvalue weighted by Crippen LogP contribution is -1.93. The van der Waals surface area contributed by atoms with Crippen LogP contribution in [-0.2, 0) is 0 Å². The molecule has 0 fully saturated rings. The molecule has 0 radical (unpaired) electrons. The maximum absolute atomic E-state index is 5.67. The van der Waals surface area contributed by atoms with Crippen LogP contribution in [-0.4, -0.2) is 9.55 Å². The smallest absolute Gasteiger partial charge is 0.134 e. The molecule has 4 aromatic carbocycles. The lowest BCUT2D eigenvalue weighted by molar-refractivity contribution is 0.616. The average molecular weight is 410 g/mol. The van der Waals surface area contributed by atoms with Crippen molar-refractivity contribution in [3.05, 3.63) is 110 Å². The van der Waals surface area contributed by atoms with Crippen LogP contribution in [0.25, 0.3) is 60.4 Å². The van der Waals surface area contributed by atoms with Crippen LogP contribution < -0.4 is 0 Å². The molecule has 7 rings (SSSR count). The minimum absolute atomic E-state index is 0.916. The van der Waals surface area contributed by atoms with Crippen LogP contribution in [0.5, 0.6) is 0 Å². The fourth-order valence-electron chi connectivity index (χ4n) is 4.93. The van der Waals surface area contributed by atoms with E-state index in [0.29, 0.717) is 0 Å². The topological polar surface area (TPSA) is 31.0 Å². The van der Waals surface area contributed by atoms with Crippen LogP contribution in [0.3, 0.4) is 0 Å². The molecule has 0 spiro atoms. The number of para-hydroxylation sites is 1. The van der Waals surface area contributed by atoms with Gasteiger partial charge in [0.2, 0.25) is 0 Å². The quantitative estimate of drug-likeness (QED) is 0.292. The predicted molar refractivity (Wildman–Crippen MR) is 131 cm³/mol. The van der Waals surface area contributed by atoms with Crippen molar-refractivity contribution in [1.29, 1.82) is 0 Å². The Balaban J connectivity index is 1.46. The van der Waals surface area contributed by atoms with Crippen molar-refractivity contribution in [3.63, 3.8) is 0 Å². The second kappa shape index (κ2) is 6.56. The first-order valence-corrected chi connectivity index (χ1v) is 10.7. The van der Waals surface area contributed by atoms with Gasteiger partial charge in [-0.1, -0.05) is 54.6 Å². The molecule has 0 unspecified atom stereocenters. The van der Waals surface area contributed by atoms with E-state index in [0.717, 1.165) is 33.2 Å². The standard InChI is InChI=1S/C29H18N2O/c1-2-6-22-20(5-1)17-30-18-25(22)19-9-11-21(12-10-19)31-26-8-4-3-7-23(26)29-24-15-16-32-28(24)14-13-27(29)31/h1-18H. The van der Waals surface area contributed by atoms with Crippen LogP contribution in [0.4, 0.5) is 0 Å². The van der Waals surface area contributed by atoms with Crippen LogP contribution >= 0.6 is 0 Å². The predicted octanol–water partition coefficient (Wildman–Crippen LogP) is 7.75. The Morgan fingerprint density at radius 3 is 2.34 bits per heavy atom. The van der Waals surface area contributed by atoms with Crippen molar-refractivity contribution in [1.82, 2.24) is 9.55 Å². The van der Waals surface area contributed by atoms with Gasteiger partial charge in [0.1, 0.15) is 5.58 Å². The van der Waals surface area contributed by atoms with Gasteiger partial charge in [0.15, 0.2) is 0 Å². The number of hydrogen-bond donors (Lipinski definition) is 0. The Morgan fingerprint density at radius 1 is 0.625 bits per heavy atom. The molecule has 0 atom stereocenters. The third-order valence-corrected chi connectivity index (χ3v) is 6.37. The second-order valence-corrected chi connectivity index (χ2v) is 8.10. The summed E-state index contributed by atoms with van der Waals surface area (Å²) in [5, 5.41) is 5.98. The number of furan rings is 1. The molecule has 0 aliphatic heterocycles. The molecule has 0 aliphatic rings. The molecule has 0 bridgehead atoms. The summed E-state index contributed by atoms with van der Waals surface area (Å²) in [5.74, 6) is 0. The van der Waals surface area contributed by atoms with Gasteiger partial charge in [-0.05, 0) is 47.3 Å². The zero-order chi connectivity index (χ0) is 21.1. The Kier molecular flexibility index (Phi) is 3.55. The fourth-order valence-corrected chi connectivity index (χ4v) is 4.93. The number of nitrogens with zero attached hydrogens (tertiary/aromatic N) is 2. The summed E-state index contributed by atoms with van der Waals surface area (Å²) < 4.78 is 8.01.